The fourth-order valence-electron chi connectivity index (χ4n) is 2.89. The molecule has 156 valence electrons. The molecule has 3 aromatic rings. The lowest BCUT2D eigenvalue weighted by atomic mass is 10.1. The van der Waals surface area contributed by atoms with Crippen molar-refractivity contribution in [2.45, 2.75) is 13.8 Å². The van der Waals surface area contributed by atoms with Gasteiger partial charge in [-0.3, -0.25) is 4.99 Å². The Morgan fingerprint density at radius 2 is 1.90 bits per heavy atom. The first-order valence-electron chi connectivity index (χ1n) is 9.36. The van der Waals surface area contributed by atoms with E-state index in [1.54, 1.807) is 31.0 Å². The number of hydrogen-bond acceptors (Lipinski definition) is 6. The molecular weight excluding hydrogens is 398 g/mol. The zero-order valence-corrected chi connectivity index (χ0v) is 18.4. The summed E-state index contributed by atoms with van der Waals surface area (Å²) in [6, 6.07) is 12.8. The molecule has 0 aliphatic rings. The summed E-state index contributed by atoms with van der Waals surface area (Å²) in [7, 11) is 3.24. The molecule has 0 radical (unpaired) electrons. The van der Waals surface area contributed by atoms with Crippen molar-refractivity contribution in [3.05, 3.63) is 70.4 Å². The SMILES string of the molecule is C=C(C)CN=c1scc(-c2ccc(OC)cc2OC)n1N=C(C)c1ccccc1O. The predicted octanol–water partition coefficient (Wildman–Crippen LogP) is 4.69. The van der Waals surface area contributed by atoms with Gasteiger partial charge in [0, 0.05) is 22.6 Å². The first kappa shape index (κ1) is 21.4. The van der Waals surface area contributed by atoms with Gasteiger partial charge in [-0.15, -0.1) is 11.3 Å². The second kappa shape index (κ2) is 9.45. The van der Waals surface area contributed by atoms with E-state index in [1.165, 1.54) is 11.3 Å². The largest absolute Gasteiger partial charge is 0.507 e. The third-order valence-corrected chi connectivity index (χ3v) is 5.25. The van der Waals surface area contributed by atoms with Crippen LogP contribution in [0.3, 0.4) is 0 Å². The molecule has 0 unspecified atom stereocenters. The third-order valence-electron chi connectivity index (χ3n) is 4.40. The second-order valence-corrected chi connectivity index (χ2v) is 7.59. The molecule has 0 saturated heterocycles. The molecule has 0 spiro atoms. The van der Waals surface area contributed by atoms with Crippen molar-refractivity contribution in [3.63, 3.8) is 0 Å². The lowest BCUT2D eigenvalue weighted by molar-refractivity contribution is 0.395. The van der Waals surface area contributed by atoms with Crippen LogP contribution in [-0.4, -0.2) is 36.3 Å². The number of rotatable bonds is 7. The lowest BCUT2D eigenvalue weighted by Gasteiger charge is -2.12. The Labute approximate surface area is 180 Å². The molecule has 3 rings (SSSR count). The number of hydrogen-bond donors (Lipinski definition) is 1. The van der Waals surface area contributed by atoms with Gasteiger partial charge in [-0.05, 0) is 38.1 Å². The highest BCUT2D eigenvalue weighted by Crippen LogP contribution is 2.33. The number of methoxy groups -OCH3 is 2. The van der Waals surface area contributed by atoms with Crippen LogP contribution in [0.4, 0.5) is 0 Å². The number of aromatic hydroxyl groups is 1. The molecule has 1 heterocycles. The highest BCUT2D eigenvalue weighted by Gasteiger charge is 2.15. The molecule has 7 heteroatoms. The maximum atomic E-state index is 10.2. The van der Waals surface area contributed by atoms with Crippen LogP contribution in [0.25, 0.3) is 11.3 Å². The summed E-state index contributed by atoms with van der Waals surface area (Å²) in [6.07, 6.45) is 0. The number of thiazole rings is 1. The summed E-state index contributed by atoms with van der Waals surface area (Å²) < 4.78 is 12.7. The highest BCUT2D eigenvalue weighted by atomic mass is 32.1. The number of nitrogens with zero attached hydrogens (tertiary/aromatic N) is 3. The summed E-state index contributed by atoms with van der Waals surface area (Å²) in [4.78, 5) is 5.38. The lowest BCUT2D eigenvalue weighted by Crippen LogP contribution is -2.15. The Hall–Kier alpha value is -3.32. The van der Waals surface area contributed by atoms with Crippen molar-refractivity contribution < 1.29 is 14.6 Å². The Balaban J connectivity index is 2.21. The van der Waals surface area contributed by atoms with Crippen molar-refractivity contribution in [3.8, 4) is 28.5 Å². The van der Waals surface area contributed by atoms with Crippen molar-refractivity contribution in [2.24, 2.45) is 10.1 Å². The van der Waals surface area contributed by atoms with E-state index < -0.39 is 0 Å². The molecule has 0 aliphatic carbocycles. The van der Waals surface area contributed by atoms with Crippen LogP contribution in [0.2, 0.25) is 0 Å². The Kier molecular flexibility index (Phi) is 6.74. The van der Waals surface area contributed by atoms with Gasteiger partial charge in [0.1, 0.15) is 17.2 Å². The standard InChI is InChI=1S/C23H25N3O3S/c1-15(2)13-24-23-26(25-16(3)18-8-6-7-9-21(18)27)20(14-30-23)19-11-10-17(28-4)12-22(19)29-5/h6-12,14,27H,1,13H2,2-5H3. The number of para-hydroxylation sites is 1. The van der Waals surface area contributed by atoms with E-state index in [9.17, 15) is 5.11 Å². The zero-order chi connectivity index (χ0) is 21.7. The average molecular weight is 424 g/mol. The average Bonchev–Trinajstić information content (AvgIpc) is 3.14. The van der Waals surface area contributed by atoms with Crippen molar-refractivity contribution in [1.82, 2.24) is 4.68 Å². The zero-order valence-electron chi connectivity index (χ0n) is 17.5. The minimum absolute atomic E-state index is 0.179. The molecule has 0 atom stereocenters. The van der Waals surface area contributed by atoms with Gasteiger partial charge >= 0.3 is 0 Å². The van der Waals surface area contributed by atoms with Crippen LogP contribution < -0.4 is 14.3 Å². The van der Waals surface area contributed by atoms with Gasteiger partial charge < -0.3 is 14.6 Å². The Morgan fingerprint density at radius 3 is 2.57 bits per heavy atom. The summed E-state index contributed by atoms with van der Waals surface area (Å²) in [6.45, 7) is 8.23. The second-order valence-electron chi connectivity index (χ2n) is 6.76. The van der Waals surface area contributed by atoms with Gasteiger partial charge in [0.25, 0.3) is 0 Å². The molecule has 0 aliphatic heterocycles. The molecular formula is C23H25N3O3S. The van der Waals surface area contributed by atoms with Crippen LogP contribution in [-0.2, 0) is 0 Å². The normalized spacial score (nSPS) is 12.1. The van der Waals surface area contributed by atoms with Crippen LogP contribution in [0, 0.1) is 0 Å². The summed E-state index contributed by atoms with van der Waals surface area (Å²) in [5, 5.41) is 17.0. The van der Waals surface area contributed by atoms with Gasteiger partial charge in [-0.2, -0.15) is 5.10 Å². The first-order chi connectivity index (χ1) is 14.4. The smallest absolute Gasteiger partial charge is 0.206 e. The van der Waals surface area contributed by atoms with Crippen molar-refractivity contribution >= 4 is 17.0 Å². The number of phenolic OH excluding ortho intramolecular Hbond substituents is 1. The van der Waals surface area contributed by atoms with E-state index in [-0.39, 0.29) is 5.75 Å². The fraction of sp³-hybridized carbons (Fsp3) is 0.217. The molecule has 0 fully saturated rings. The first-order valence-corrected chi connectivity index (χ1v) is 10.2. The summed E-state index contributed by atoms with van der Waals surface area (Å²) >= 11 is 1.48. The van der Waals surface area contributed by atoms with Gasteiger partial charge in [0.15, 0.2) is 0 Å². The topological polar surface area (TPSA) is 68.3 Å². The monoisotopic (exact) mass is 423 g/mol. The molecule has 1 aromatic heterocycles. The van der Waals surface area contributed by atoms with E-state index in [0.717, 1.165) is 21.6 Å². The van der Waals surface area contributed by atoms with Gasteiger partial charge in [-0.25, -0.2) is 4.68 Å². The third kappa shape index (κ3) is 4.63. The van der Waals surface area contributed by atoms with Gasteiger partial charge in [0.05, 0.1) is 32.2 Å². The van der Waals surface area contributed by atoms with E-state index in [1.807, 2.05) is 49.6 Å². The fourth-order valence-corrected chi connectivity index (χ4v) is 3.71. The minimum Gasteiger partial charge on any atom is -0.507 e. The van der Waals surface area contributed by atoms with E-state index in [4.69, 9.17) is 14.6 Å². The molecule has 2 aromatic carbocycles. The van der Waals surface area contributed by atoms with Crippen LogP contribution in [0.15, 0.2) is 70.1 Å². The van der Waals surface area contributed by atoms with E-state index in [0.29, 0.717) is 29.3 Å². The molecule has 0 amide bonds. The van der Waals surface area contributed by atoms with Crippen molar-refractivity contribution in [1.29, 1.82) is 0 Å². The number of ether oxygens (including phenoxy) is 2. The van der Waals surface area contributed by atoms with Crippen LogP contribution >= 0.6 is 11.3 Å². The Morgan fingerprint density at radius 1 is 1.13 bits per heavy atom. The molecule has 6 nitrogen and oxygen atoms in total. The van der Waals surface area contributed by atoms with Gasteiger partial charge in [-0.1, -0.05) is 24.3 Å². The number of aromatic nitrogens is 1. The quantitative estimate of drug-likeness (QED) is 0.443. The van der Waals surface area contributed by atoms with E-state index in [2.05, 4.69) is 11.6 Å². The predicted molar refractivity (Wildman–Crippen MR) is 122 cm³/mol. The summed E-state index contributed by atoms with van der Waals surface area (Å²) in [5.74, 6) is 1.56. The molecule has 0 saturated carbocycles. The maximum absolute atomic E-state index is 10.2. The van der Waals surface area contributed by atoms with Crippen molar-refractivity contribution in [2.75, 3.05) is 20.8 Å². The molecule has 30 heavy (non-hydrogen) atoms. The highest BCUT2D eigenvalue weighted by molar-refractivity contribution is 7.07. The maximum Gasteiger partial charge on any atom is 0.206 e. The van der Waals surface area contributed by atoms with Crippen LogP contribution in [0.1, 0.15) is 19.4 Å². The minimum atomic E-state index is 0.179. The molecule has 1 N–H and O–H groups in total. The van der Waals surface area contributed by atoms with E-state index >= 15 is 0 Å². The van der Waals surface area contributed by atoms with Crippen LogP contribution in [0.5, 0.6) is 17.2 Å². The number of phenols is 1. The Bertz CT molecular complexity index is 1160. The number of benzene rings is 2. The van der Waals surface area contributed by atoms with Gasteiger partial charge in [0.2, 0.25) is 4.80 Å². The molecule has 0 bridgehead atoms. The summed E-state index contributed by atoms with van der Waals surface area (Å²) in [5.41, 5.74) is 3.97.